The van der Waals surface area contributed by atoms with Gasteiger partial charge in [-0.3, -0.25) is 23.8 Å². The SMILES string of the molecule is Cc1cc([C@@H](C)Nc2ccc(C)nc2C(=O)NS(C)(=O)=O)c2nc(-c3ccc(-c4cnn(C)c4)cn3)n(C)c(=O)c2c1. The van der Waals surface area contributed by atoms with Crippen LogP contribution in [0.25, 0.3) is 33.5 Å². The Balaban J connectivity index is 1.57. The van der Waals surface area contributed by atoms with Crippen LogP contribution in [-0.2, 0) is 24.1 Å². The fourth-order valence-corrected chi connectivity index (χ4v) is 5.19. The predicted molar refractivity (Wildman–Crippen MR) is 160 cm³/mol. The van der Waals surface area contributed by atoms with Crippen molar-refractivity contribution in [2.24, 2.45) is 14.1 Å². The van der Waals surface area contributed by atoms with E-state index in [-0.39, 0.29) is 11.3 Å². The first-order valence-corrected chi connectivity index (χ1v) is 14.9. The van der Waals surface area contributed by atoms with Gasteiger partial charge in [0, 0.05) is 48.9 Å². The molecule has 13 heteroatoms. The van der Waals surface area contributed by atoms with Gasteiger partial charge in [-0.05, 0) is 50.6 Å². The van der Waals surface area contributed by atoms with Gasteiger partial charge in [0.15, 0.2) is 11.5 Å². The number of pyridine rings is 2. The smallest absolute Gasteiger partial charge is 0.285 e. The summed E-state index contributed by atoms with van der Waals surface area (Å²) in [6.07, 6.45) is 6.27. The second-order valence-electron chi connectivity index (χ2n) is 10.3. The zero-order valence-electron chi connectivity index (χ0n) is 24.0. The molecule has 1 atom stereocenters. The van der Waals surface area contributed by atoms with Gasteiger partial charge in [-0.1, -0.05) is 12.1 Å². The van der Waals surface area contributed by atoms with E-state index < -0.39 is 22.0 Å². The number of nitrogens with one attached hydrogen (secondary N) is 2. The molecule has 0 unspecified atom stereocenters. The quantitative estimate of drug-likeness (QED) is 0.292. The molecule has 5 aromatic rings. The van der Waals surface area contributed by atoms with Crippen molar-refractivity contribution in [3.8, 4) is 22.6 Å². The number of carbonyl (C=O) groups excluding carboxylic acids is 1. The van der Waals surface area contributed by atoms with E-state index in [1.165, 1.54) is 4.57 Å². The number of amides is 1. The van der Waals surface area contributed by atoms with Crippen LogP contribution in [0.4, 0.5) is 5.69 Å². The van der Waals surface area contributed by atoms with E-state index in [0.717, 1.165) is 22.9 Å². The highest BCUT2D eigenvalue weighted by Gasteiger charge is 2.22. The van der Waals surface area contributed by atoms with Crippen molar-refractivity contribution in [1.82, 2.24) is 34.0 Å². The summed E-state index contributed by atoms with van der Waals surface area (Å²) in [5, 5.41) is 7.91. The van der Waals surface area contributed by atoms with Crippen molar-refractivity contribution in [1.29, 1.82) is 0 Å². The summed E-state index contributed by atoms with van der Waals surface area (Å²) in [6.45, 7) is 5.46. The van der Waals surface area contributed by atoms with E-state index in [9.17, 15) is 18.0 Å². The second kappa shape index (κ2) is 10.8. The average Bonchev–Trinajstić information content (AvgIpc) is 3.37. The van der Waals surface area contributed by atoms with Crippen LogP contribution in [0.2, 0.25) is 0 Å². The third kappa shape index (κ3) is 5.77. The van der Waals surface area contributed by atoms with Gasteiger partial charge in [-0.15, -0.1) is 0 Å². The molecule has 0 aliphatic carbocycles. The molecule has 1 aromatic carbocycles. The fraction of sp³-hybridized carbons (Fsp3) is 0.241. The maximum Gasteiger partial charge on any atom is 0.285 e. The Morgan fingerprint density at radius 2 is 1.76 bits per heavy atom. The largest absolute Gasteiger partial charge is 0.377 e. The van der Waals surface area contributed by atoms with Crippen molar-refractivity contribution < 1.29 is 13.2 Å². The summed E-state index contributed by atoms with van der Waals surface area (Å²) in [6, 6.07) is 10.4. The lowest BCUT2D eigenvalue weighted by Crippen LogP contribution is -2.31. The second-order valence-corrected chi connectivity index (χ2v) is 12.1. The molecule has 5 rings (SSSR count). The average molecular weight is 587 g/mol. The Labute approximate surface area is 242 Å². The number of nitrogens with zero attached hydrogens (tertiary/aromatic N) is 6. The van der Waals surface area contributed by atoms with Crippen LogP contribution in [0.1, 0.15) is 40.3 Å². The maximum absolute atomic E-state index is 13.6. The molecule has 4 aromatic heterocycles. The van der Waals surface area contributed by atoms with Crippen molar-refractivity contribution in [2.45, 2.75) is 26.8 Å². The van der Waals surface area contributed by atoms with Crippen molar-refractivity contribution in [3.05, 3.63) is 87.9 Å². The Kier molecular flexibility index (Phi) is 7.37. The van der Waals surface area contributed by atoms with Crippen LogP contribution < -0.4 is 15.6 Å². The highest BCUT2D eigenvalue weighted by Crippen LogP contribution is 2.29. The van der Waals surface area contributed by atoms with Gasteiger partial charge in [0.05, 0.1) is 35.1 Å². The van der Waals surface area contributed by atoms with Crippen LogP contribution in [0.15, 0.2) is 59.8 Å². The molecule has 0 bridgehead atoms. The number of sulfonamides is 1. The molecule has 42 heavy (non-hydrogen) atoms. The highest BCUT2D eigenvalue weighted by molar-refractivity contribution is 7.89. The minimum atomic E-state index is -3.80. The molecule has 0 aliphatic heterocycles. The first kappa shape index (κ1) is 28.6. The first-order chi connectivity index (χ1) is 19.8. The monoisotopic (exact) mass is 586 g/mol. The zero-order chi connectivity index (χ0) is 30.3. The van der Waals surface area contributed by atoms with Crippen LogP contribution in [-0.4, -0.2) is 49.9 Å². The fourth-order valence-electron chi connectivity index (χ4n) is 4.75. The van der Waals surface area contributed by atoms with Crippen LogP contribution in [0, 0.1) is 13.8 Å². The molecule has 0 radical (unpaired) electrons. The molecule has 216 valence electrons. The summed E-state index contributed by atoms with van der Waals surface area (Å²) in [7, 11) is -0.293. The molecular formula is C29H30N8O4S. The number of aromatic nitrogens is 6. The number of rotatable bonds is 7. The molecule has 0 fully saturated rings. The van der Waals surface area contributed by atoms with Crippen molar-refractivity contribution in [2.75, 3.05) is 11.6 Å². The van der Waals surface area contributed by atoms with Crippen LogP contribution in [0.3, 0.4) is 0 Å². The number of hydrogen-bond acceptors (Lipinski definition) is 9. The van der Waals surface area contributed by atoms with Crippen molar-refractivity contribution in [3.63, 3.8) is 0 Å². The van der Waals surface area contributed by atoms with Gasteiger partial charge in [0.25, 0.3) is 11.5 Å². The normalized spacial score (nSPS) is 12.3. The number of benzene rings is 1. The molecular weight excluding hydrogens is 556 g/mol. The van der Waals surface area contributed by atoms with Gasteiger partial charge in [0.2, 0.25) is 10.0 Å². The van der Waals surface area contributed by atoms with Crippen LogP contribution in [0.5, 0.6) is 0 Å². The predicted octanol–water partition coefficient (Wildman–Crippen LogP) is 3.27. The van der Waals surface area contributed by atoms with Gasteiger partial charge < -0.3 is 5.32 Å². The molecule has 0 saturated heterocycles. The minimum absolute atomic E-state index is 0.0632. The number of carbonyl (C=O) groups is 1. The Morgan fingerprint density at radius 3 is 2.40 bits per heavy atom. The molecule has 0 spiro atoms. The van der Waals surface area contributed by atoms with Crippen molar-refractivity contribution >= 4 is 32.5 Å². The molecule has 2 N–H and O–H groups in total. The van der Waals surface area contributed by atoms with Gasteiger partial charge in [0.1, 0.15) is 5.69 Å². The van der Waals surface area contributed by atoms with E-state index in [2.05, 4.69) is 20.4 Å². The first-order valence-electron chi connectivity index (χ1n) is 13.0. The maximum atomic E-state index is 13.6. The van der Waals surface area contributed by atoms with E-state index in [1.807, 2.05) is 50.0 Å². The summed E-state index contributed by atoms with van der Waals surface area (Å²) in [4.78, 5) is 40.1. The van der Waals surface area contributed by atoms with Gasteiger partial charge >= 0.3 is 0 Å². The number of aryl methyl sites for hydroxylation is 3. The van der Waals surface area contributed by atoms with E-state index in [0.29, 0.717) is 39.4 Å². The van der Waals surface area contributed by atoms with Gasteiger partial charge in [-0.25, -0.2) is 23.1 Å². The summed E-state index contributed by atoms with van der Waals surface area (Å²) < 4.78 is 28.6. The third-order valence-electron chi connectivity index (χ3n) is 6.75. The summed E-state index contributed by atoms with van der Waals surface area (Å²) in [5.74, 6) is -0.451. The molecule has 0 aliphatic rings. The topological polar surface area (TPSA) is 154 Å². The standard InChI is InChI=1S/C29H30N8O4S/c1-16-11-21(18(3)33-23-9-7-17(2)32-26(23)28(38)35-42(6,40)41)25-22(12-16)29(39)37(5)27(34-25)24-10-8-19(13-30-24)20-14-31-36(4)15-20/h7-15,18,33H,1-6H3,(H,35,38)/t18-/m1/s1. The molecule has 4 heterocycles. The summed E-state index contributed by atoms with van der Waals surface area (Å²) in [5.41, 5.74) is 4.98. The third-order valence-corrected chi connectivity index (χ3v) is 7.31. The molecule has 1 amide bonds. The number of anilines is 1. The minimum Gasteiger partial charge on any atom is -0.377 e. The number of fused-ring (bicyclic) bond motifs is 1. The highest BCUT2D eigenvalue weighted by atomic mass is 32.2. The molecule has 0 saturated carbocycles. The van der Waals surface area contributed by atoms with Crippen LogP contribution >= 0.6 is 0 Å². The van der Waals surface area contributed by atoms with E-state index >= 15 is 0 Å². The number of hydrogen-bond donors (Lipinski definition) is 2. The Hall–Kier alpha value is -4.91. The Morgan fingerprint density at radius 1 is 1.00 bits per heavy atom. The lowest BCUT2D eigenvalue weighted by atomic mass is 10.0. The van der Waals surface area contributed by atoms with Gasteiger partial charge in [-0.2, -0.15) is 5.10 Å². The zero-order valence-corrected chi connectivity index (χ0v) is 24.8. The van der Waals surface area contributed by atoms with E-state index in [1.54, 1.807) is 49.2 Å². The lowest BCUT2D eigenvalue weighted by Gasteiger charge is -2.20. The lowest BCUT2D eigenvalue weighted by molar-refractivity contribution is 0.0977. The summed E-state index contributed by atoms with van der Waals surface area (Å²) >= 11 is 0. The van der Waals surface area contributed by atoms with E-state index in [4.69, 9.17) is 4.98 Å². The Bertz CT molecular complexity index is 2010. The molecule has 12 nitrogen and oxygen atoms in total.